The number of amides is 1. The minimum absolute atomic E-state index is 0.0945. The molecule has 4 rings (SSSR count). The lowest BCUT2D eigenvalue weighted by Gasteiger charge is -2.23. The van der Waals surface area contributed by atoms with Crippen LogP contribution in [0.5, 0.6) is 5.75 Å². The minimum Gasteiger partial charge on any atom is -0.490 e. The van der Waals surface area contributed by atoms with Crippen LogP contribution in [0, 0.1) is 10.1 Å². The predicted molar refractivity (Wildman–Crippen MR) is 116 cm³/mol. The molecule has 1 fully saturated rings. The Balaban J connectivity index is 1.50. The van der Waals surface area contributed by atoms with Gasteiger partial charge in [0.05, 0.1) is 16.6 Å². The number of nitrogens with zero attached hydrogens (tertiary/aromatic N) is 1. The number of hydrogen-bond donors (Lipinski definition) is 2. The van der Waals surface area contributed by atoms with Gasteiger partial charge in [-0.3, -0.25) is 19.7 Å². The van der Waals surface area contributed by atoms with E-state index in [0.29, 0.717) is 10.9 Å². The van der Waals surface area contributed by atoms with Gasteiger partial charge in [-0.2, -0.15) is 0 Å². The maximum absolute atomic E-state index is 12.8. The number of aromatic amines is 1. The summed E-state index contributed by atoms with van der Waals surface area (Å²) >= 11 is 0. The summed E-state index contributed by atoms with van der Waals surface area (Å²) in [6, 6.07) is 12.7. The van der Waals surface area contributed by atoms with E-state index < -0.39 is 16.4 Å². The van der Waals surface area contributed by atoms with E-state index in [1.807, 2.05) is 24.3 Å². The molecule has 0 spiro atoms. The average Bonchev–Trinajstić information content (AvgIpc) is 2.77. The molecule has 8 nitrogen and oxygen atoms in total. The Labute approximate surface area is 178 Å². The lowest BCUT2D eigenvalue weighted by molar-refractivity contribution is -0.384. The maximum Gasteiger partial charge on any atom is 0.270 e. The average molecular weight is 421 g/mol. The van der Waals surface area contributed by atoms with Crippen LogP contribution in [0.4, 0.5) is 5.69 Å². The van der Waals surface area contributed by atoms with Crippen LogP contribution in [0.2, 0.25) is 0 Å². The highest BCUT2D eigenvalue weighted by atomic mass is 16.6. The Kier molecular flexibility index (Phi) is 5.97. The highest BCUT2D eigenvalue weighted by Gasteiger charge is 2.17. The van der Waals surface area contributed by atoms with Crippen LogP contribution in [-0.4, -0.2) is 21.9 Å². The monoisotopic (exact) mass is 421 g/mol. The molecular weight excluding hydrogens is 398 g/mol. The van der Waals surface area contributed by atoms with Crippen molar-refractivity contribution in [1.82, 2.24) is 10.3 Å². The van der Waals surface area contributed by atoms with Crippen LogP contribution < -0.4 is 15.6 Å². The molecule has 31 heavy (non-hydrogen) atoms. The SMILES string of the molecule is O=C(NCc1cccc(OC2CCCCC2)c1)c1cc(=O)[nH]c2ccc([N+](=O)[O-])cc12. The number of rotatable bonds is 6. The Morgan fingerprint density at radius 1 is 1.13 bits per heavy atom. The van der Waals surface area contributed by atoms with E-state index in [2.05, 4.69) is 10.3 Å². The molecule has 3 aromatic rings. The van der Waals surface area contributed by atoms with E-state index in [-0.39, 0.29) is 23.9 Å². The number of nitro benzene ring substituents is 1. The smallest absolute Gasteiger partial charge is 0.270 e. The number of carbonyl (C=O) groups is 1. The van der Waals surface area contributed by atoms with Crippen molar-refractivity contribution in [2.75, 3.05) is 0 Å². The number of pyridine rings is 1. The van der Waals surface area contributed by atoms with E-state index in [0.717, 1.165) is 30.2 Å². The molecule has 1 aliphatic carbocycles. The number of aromatic nitrogens is 1. The summed E-state index contributed by atoms with van der Waals surface area (Å²) in [7, 11) is 0. The van der Waals surface area contributed by atoms with Crippen LogP contribution in [0.25, 0.3) is 10.9 Å². The van der Waals surface area contributed by atoms with Gasteiger partial charge in [-0.25, -0.2) is 0 Å². The molecule has 0 atom stereocenters. The fourth-order valence-corrected chi connectivity index (χ4v) is 3.92. The predicted octanol–water partition coefficient (Wildman–Crippen LogP) is 4.08. The lowest BCUT2D eigenvalue weighted by Crippen LogP contribution is -2.25. The number of fused-ring (bicyclic) bond motifs is 1. The zero-order valence-electron chi connectivity index (χ0n) is 16.9. The van der Waals surface area contributed by atoms with Gasteiger partial charge in [-0.05, 0) is 49.4 Å². The van der Waals surface area contributed by atoms with Gasteiger partial charge >= 0.3 is 0 Å². The molecule has 0 aliphatic heterocycles. The molecular formula is C23H23N3O5. The molecule has 0 unspecified atom stereocenters. The number of nitro groups is 1. The number of non-ortho nitro benzene ring substituents is 1. The summed E-state index contributed by atoms with van der Waals surface area (Å²) in [5, 5.41) is 14.2. The van der Waals surface area contributed by atoms with Gasteiger partial charge in [0.15, 0.2) is 0 Å². The van der Waals surface area contributed by atoms with E-state index in [1.165, 1.54) is 37.5 Å². The third kappa shape index (κ3) is 4.91. The van der Waals surface area contributed by atoms with E-state index in [4.69, 9.17) is 4.74 Å². The van der Waals surface area contributed by atoms with Gasteiger partial charge in [0.1, 0.15) is 5.75 Å². The number of H-pyrrole nitrogens is 1. The summed E-state index contributed by atoms with van der Waals surface area (Å²) in [4.78, 5) is 37.9. The van der Waals surface area contributed by atoms with E-state index in [9.17, 15) is 19.7 Å². The van der Waals surface area contributed by atoms with E-state index in [1.54, 1.807) is 0 Å². The number of benzene rings is 2. The molecule has 0 bridgehead atoms. The Bertz CT molecular complexity index is 1180. The molecule has 0 saturated heterocycles. The number of ether oxygens (including phenoxy) is 1. The molecule has 1 aliphatic rings. The zero-order valence-corrected chi connectivity index (χ0v) is 16.9. The van der Waals surface area contributed by atoms with Gasteiger partial charge in [-0.1, -0.05) is 18.6 Å². The first kappa shape index (κ1) is 20.6. The summed E-state index contributed by atoms with van der Waals surface area (Å²) in [5.41, 5.74) is 0.723. The zero-order chi connectivity index (χ0) is 21.8. The van der Waals surface area contributed by atoms with E-state index >= 15 is 0 Å². The van der Waals surface area contributed by atoms with Crippen LogP contribution in [0.3, 0.4) is 0 Å². The molecule has 1 saturated carbocycles. The molecule has 2 N–H and O–H groups in total. The molecule has 0 radical (unpaired) electrons. The third-order valence-electron chi connectivity index (χ3n) is 5.49. The van der Waals surface area contributed by atoms with Crippen molar-refractivity contribution in [3.8, 4) is 5.75 Å². The summed E-state index contributed by atoms with van der Waals surface area (Å²) in [6.45, 7) is 0.240. The topological polar surface area (TPSA) is 114 Å². The van der Waals surface area contributed by atoms with Crippen molar-refractivity contribution in [2.24, 2.45) is 0 Å². The third-order valence-corrected chi connectivity index (χ3v) is 5.49. The van der Waals surface area contributed by atoms with Crippen LogP contribution in [0.1, 0.15) is 48.0 Å². The molecule has 160 valence electrons. The van der Waals surface area contributed by atoms with Crippen LogP contribution in [-0.2, 0) is 6.54 Å². The van der Waals surface area contributed by atoms with Gasteiger partial charge in [0, 0.05) is 35.6 Å². The standard InChI is InChI=1S/C23H23N3O5/c27-22-13-20(19-12-16(26(29)30)9-10-21(19)25-22)23(28)24-14-15-5-4-8-18(11-15)31-17-6-2-1-3-7-17/h4-5,8-13,17H,1-3,6-7,14H2,(H,24,28)(H,25,27). The van der Waals surface area contributed by atoms with Crippen molar-refractivity contribution >= 4 is 22.5 Å². The van der Waals surface area contributed by atoms with Crippen molar-refractivity contribution in [3.63, 3.8) is 0 Å². The first-order chi connectivity index (χ1) is 15.0. The van der Waals surface area contributed by atoms with Crippen molar-refractivity contribution in [3.05, 3.63) is 80.1 Å². The van der Waals surface area contributed by atoms with Gasteiger partial charge in [0.25, 0.3) is 11.6 Å². The second-order valence-electron chi connectivity index (χ2n) is 7.74. The summed E-state index contributed by atoms with van der Waals surface area (Å²) in [6.07, 6.45) is 5.97. The first-order valence-electron chi connectivity index (χ1n) is 10.3. The Hall–Kier alpha value is -3.68. The van der Waals surface area contributed by atoms with Gasteiger partial charge in [0.2, 0.25) is 5.56 Å². The molecule has 1 amide bonds. The quantitative estimate of drug-likeness (QED) is 0.460. The highest BCUT2D eigenvalue weighted by molar-refractivity contribution is 6.06. The number of carbonyl (C=O) groups excluding carboxylic acids is 1. The number of nitrogens with one attached hydrogen (secondary N) is 2. The fourth-order valence-electron chi connectivity index (χ4n) is 3.92. The Morgan fingerprint density at radius 3 is 2.71 bits per heavy atom. The number of hydrogen-bond acceptors (Lipinski definition) is 5. The van der Waals surface area contributed by atoms with Crippen molar-refractivity contribution in [1.29, 1.82) is 0 Å². The normalized spacial score (nSPS) is 14.3. The van der Waals surface area contributed by atoms with Gasteiger partial charge in [-0.15, -0.1) is 0 Å². The fraction of sp³-hybridized carbons (Fsp3) is 0.304. The highest BCUT2D eigenvalue weighted by Crippen LogP contribution is 2.24. The summed E-state index contributed by atoms with van der Waals surface area (Å²) < 4.78 is 6.07. The van der Waals surface area contributed by atoms with Gasteiger partial charge < -0.3 is 15.0 Å². The largest absolute Gasteiger partial charge is 0.490 e. The molecule has 1 heterocycles. The molecule has 1 aromatic heterocycles. The van der Waals surface area contributed by atoms with Crippen molar-refractivity contribution < 1.29 is 14.5 Å². The lowest BCUT2D eigenvalue weighted by atomic mass is 9.98. The summed E-state index contributed by atoms with van der Waals surface area (Å²) in [5.74, 6) is 0.297. The van der Waals surface area contributed by atoms with Crippen LogP contribution in [0.15, 0.2) is 53.3 Å². The van der Waals surface area contributed by atoms with Crippen molar-refractivity contribution in [2.45, 2.75) is 44.8 Å². The minimum atomic E-state index is -0.538. The maximum atomic E-state index is 12.8. The second kappa shape index (κ2) is 8.99. The molecule has 2 aromatic carbocycles. The second-order valence-corrected chi connectivity index (χ2v) is 7.74. The molecule has 8 heteroatoms. The first-order valence-corrected chi connectivity index (χ1v) is 10.3. The van der Waals surface area contributed by atoms with Crippen LogP contribution >= 0.6 is 0 Å². The Morgan fingerprint density at radius 2 is 1.94 bits per heavy atom.